The number of aryl methyl sites for hydroxylation is 1. The Bertz CT molecular complexity index is 598. The molecule has 0 aliphatic carbocycles. The van der Waals surface area contributed by atoms with Crippen molar-refractivity contribution in [1.29, 1.82) is 0 Å². The van der Waals surface area contributed by atoms with Crippen molar-refractivity contribution in [2.45, 2.75) is 6.92 Å². The molecule has 0 spiro atoms. The van der Waals surface area contributed by atoms with Crippen molar-refractivity contribution in [3.05, 3.63) is 63.9 Å². The summed E-state index contributed by atoms with van der Waals surface area (Å²) in [5.41, 5.74) is 1.46. The smallest absolute Gasteiger partial charge is 0.256 e. The lowest BCUT2D eigenvalue weighted by Crippen LogP contribution is -2.13. The van der Waals surface area contributed by atoms with Gasteiger partial charge in [-0.15, -0.1) is 0 Å². The third-order valence-electron chi connectivity index (χ3n) is 2.49. The molecule has 4 heteroatoms. The van der Waals surface area contributed by atoms with Crippen LogP contribution in [-0.2, 0) is 0 Å². The van der Waals surface area contributed by atoms with Crippen molar-refractivity contribution >= 4 is 27.5 Å². The maximum absolute atomic E-state index is 13.6. The first kappa shape index (κ1) is 12.8. The normalized spacial score (nSPS) is 10.2. The van der Waals surface area contributed by atoms with Crippen LogP contribution in [0, 0.1) is 12.7 Å². The minimum atomic E-state index is -0.435. The Kier molecular flexibility index (Phi) is 3.77. The standard InChI is InChI=1S/C14H11BrFNO/c1-9-6-7-13(12(16)8-9)17-14(18)10-4-2-3-5-11(10)15/h2-8H,1H3,(H,17,18). The van der Waals surface area contributed by atoms with Crippen molar-refractivity contribution in [2.24, 2.45) is 0 Å². The van der Waals surface area contributed by atoms with Gasteiger partial charge in [0.15, 0.2) is 0 Å². The topological polar surface area (TPSA) is 29.1 Å². The molecule has 2 nitrogen and oxygen atoms in total. The lowest BCUT2D eigenvalue weighted by molar-refractivity contribution is 0.102. The Balaban J connectivity index is 2.24. The van der Waals surface area contributed by atoms with E-state index in [1.54, 1.807) is 37.3 Å². The van der Waals surface area contributed by atoms with Crippen molar-refractivity contribution < 1.29 is 9.18 Å². The van der Waals surface area contributed by atoms with Crippen LogP contribution in [0.1, 0.15) is 15.9 Å². The van der Waals surface area contributed by atoms with Crippen LogP contribution < -0.4 is 5.32 Å². The number of hydrogen-bond acceptors (Lipinski definition) is 1. The molecule has 0 radical (unpaired) electrons. The molecule has 0 aliphatic heterocycles. The number of nitrogens with one attached hydrogen (secondary N) is 1. The van der Waals surface area contributed by atoms with Gasteiger partial charge < -0.3 is 5.32 Å². The molecule has 0 unspecified atom stereocenters. The van der Waals surface area contributed by atoms with E-state index in [1.807, 2.05) is 6.07 Å². The zero-order valence-corrected chi connectivity index (χ0v) is 11.3. The van der Waals surface area contributed by atoms with E-state index >= 15 is 0 Å². The number of carbonyl (C=O) groups excluding carboxylic acids is 1. The Morgan fingerprint density at radius 1 is 1.22 bits per heavy atom. The maximum atomic E-state index is 13.6. The van der Waals surface area contributed by atoms with E-state index in [4.69, 9.17) is 0 Å². The van der Waals surface area contributed by atoms with Gasteiger partial charge in [0.25, 0.3) is 5.91 Å². The minimum Gasteiger partial charge on any atom is -0.319 e. The summed E-state index contributed by atoms with van der Waals surface area (Å²) in [7, 11) is 0. The number of amides is 1. The van der Waals surface area contributed by atoms with Gasteiger partial charge in [-0.1, -0.05) is 18.2 Å². The third-order valence-corrected chi connectivity index (χ3v) is 3.18. The number of halogens is 2. The first-order chi connectivity index (χ1) is 8.58. The molecule has 0 saturated heterocycles. The van der Waals surface area contributed by atoms with Crippen molar-refractivity contribution in [1.82, 2.24) is 0 Å². The summed E-state index contributed by atoms with van der Waals surface area (Å²) in [4.78, 5) is 12.0. The van der Waals surface area contributed by atoms with Gasteiger partial charge in [-0.05, 0) is 52.7 Å². The number of hydrogen-bond donors (Lipinski definition) is 1. The lowest BCUT2D eigenvalue weighted by atomic mass is 10.2. The molecule has 2 aromatic rings. The average Bonchev–Trinajstić information content (AvgIpc) is 2.33. The molecule has 0 aliphatic rings. The van der Waals surface area contributed by atoms with Crippen LogP contribution >= 0.6 is 15.9 Å². The maximum Gasteiger partial charge on any atom is 0.256 e. The first-order valence-electron chi connectivity index (χ1n) is 5.40. The van der Waals surface area contributed by atoms with Crippen LogP contribution in [0.2, 0.25) is 0 Å². The van der Waals surface area contributed by atoms with Gasteiger partial charge in [0.05, 0.1) is 11.3 Å². The van der Waals surface area contributed by atoms with Crippen molar-refractivity contribution in [3.63, 3.8) is 0 Å². The van der Waals surface area contributed by atoms with Crippen LogP contribution in [0.3, 0.4) is 0 Å². The van der Waals surface area contributed by atoms with E-state index < -0.39 is 5.82 Å². The molecule has 0 saturated carbocycles. The van der Waals surface area contributed by atoms with Crippen molar-refractivity contribution in [3.8, 4) is 0 Å². The quantitative estimate of drug-likeness (QED) is 0.887. The highest BCUT2D eigenvalue weighted by molar-refractivity contribution is 9.10. The Hall–Kier alpha value is -1.68. The monoisotopic (exact) mass is 307 g/mol. The summed E-state index contributed by atoms with van der Waals surface area (Å²) in [6.45, 7) is 1.79. The number of carbonyl (C=O) groups is 1. The lowest BCUT2D eigenvalue weighted by Gasteiger charge is -2.08. The second kappa shape index (κ2) is 5.31. The summed E-state index contributed by atoms with van der Waals surface area (Å²) < 4.78 is 14.3. The van der Waals surface area contributed by atoms with Gasteiger partial charge >= 0.3 is 0 Å². The Morgan fingerprint density at radius 2 is 1.94 bits per heavy atom. The summed E-state index contributed by atoms with van der Waals surface area (Å²) >= 11 is 3.29. The average molecular weight is 308 g/mol. The zero-order chi connectivity index (χ0) is 13.1. The first-order valence-corrected chi connectivity index (χ1v) is 6.19. The largest absolute Gasteiger partial charge is 0.319 e. The number of rotatable bonds is 2. The second-order valence-electron chi connectivity index (χ2n) is 3.92. The number of benzene rings is 2. The predicted molar refractivity (Wildman–Crippen MR) is 73.2 cm³/mol. The van der Waals surface area contributed by atoms with Crippen LogP contribution in [-0.4, -0.2) is 5.91 Å². The highest BCUT2D eigenvalue weighted by Crippen LogP contribution is 2.20. The predicted octanol–water partition coefficient (Wildman–Crippen LogP) is 4.15. The highest BCUT2D eigenvalue weighted by atomic mass is 79.9. The molecule has 0 bridgehead atoms. The summed E-state index contributed by atoms with van der Waals surface area (Å²) in [5.74, 6) is -0.777. The van der Waals surface area contributed by atoms with Crippen LogP contribution in [0.4, 0.5) is 10.1 Å². The SMILES string of the molecule is Cc1ccc(NC(=O)c2ccccc2Br)c(F)c1. The molecular formula is C14H11BrFNO. The second-order valence-corrected chi connectivity index (χ2v) is 4.77. The van der Waals surface area contributed by atoms with Crippen LogP contribution in [0.5, 0.6) is 0 Å². The molecule has 0 aromatic heterocycles. The van der Waals surface area contributed by atoms with Gasteiger partial charge in [-0.2, -0.15) is 0 Å². The molecular weight excluding hydrogens is 297 g/mol. The van der Waals surface area contributed by atoms with Crippen molar-refractivity contribution in [2.75, 3.05) is 5.32 Å². The van der Waals surface area contributed by atoms with Gasteiger partial charge in [0.1, 0.15) is 5.82 Å². The van der Waals surface area contributed by atoms with Gasteiger partial charge in [-0.3, -0.25) is 4.79 Å². The summed E-state index contributed by atoms with van der Waals surface area (Å²) in [6.07, 6.45) is 0. The molecule has 1 N–H and O–H groups in total. The van der Waals surface area contributed by atoms with E-state index in [0.29, 0.717) is 10.0 Å². The summed E-state index contributed by atoms with van der Waals surface area (Å²) in [6, 6.07) is 11.7. The molecule has 1 amide bonds. The number of anilines is 1. The van der Waals surface area contributed by atoms with Gasteiger partial charge in [0.2, 0.25) is 0 Å². The van der Waals surface area contributed by atoms with Crippen LogP contribution in [0.25, 0.3) is 0 Å². The molecule has 2 rings (SSSR count). The van der Waals surface area contributed by atoms with Gasteiger partial charge in [0, 0.05) is 4.47 Å². The van der Waals surface area contributed by atoms with E-state index in [9.17, 15) is 9.18 Å². The minimum absolute atomic E-state index is 0.182. The molecule has 0 heterocycles. The Labute approximate surface area is 113 Å². The fraction of sp³-hybridized carbons (Fsp3) is 0.0714. The molecule has 92 valence electrons. The Morgan fingerprint density at radius 3 is 2.61 bits per heavy atom. The third kappa shape index (κ3) is 2.76. The van der Waals surface area contributed by atoms with E-state index in [-0.39, 0.29) is 11.6 Å². The molecule has 0 atom stereocenters. The zero-order valence-electron chi connectivity index (χ0n) is 9.71. The summed E-state index contributed by atoms with van der Waals surface area (Å²) in [5, 5.41) is 2.55. The molecule has 2 aromatic carbocycles. The molecule has 18 heavy (non-hydrogen) atoms. The molecule has 0 fully saturated rings. The van der Waals surface area contributed by atoms with E-state index in [2.05, 4.69) is 21.2 Å². The fourth-order valence-corrected chi connectivity index (χ4v) is 2.02. The highest BCUT2D eigenvalue weighted by Gasteiger charge is 2.11. The van der Waals surface area contributed by atoms with E-state index in [0.717, 1.165) is 5.56 Å². The van der Waals surface area contributed by atoms with Crippen LogP contribution in [0.15, 0.2) is 46.9 Å². The van der Waals surface area contributed by atoms with E-state index in [1.165, 1.54) is 6.07 Å². The fourth-order valence-electron chi connectivity index (χ4n) is 1.56. The van der Waals surface area contributed by atoms with Gasteiger partial charge in [-0.25, -0.2) is 4.39 Å².